The standard InChI is InChI=1S/C23H26N4O2/c28-22(20-16-12-29-13-17(16)20)25-10-7-23(14-25)19-4-2-9-26(19)21-18(3-1-8-24-21)27(23)11-15-5-6-15/h1-4,8-9,15-17,20H,5-7,10-14H2/t16-,17+,20?,23-/m1/s1. The molecular formula is C23H26N4O2. The Balaban J connectivity index is 1.28. The summed E-state index contributed by atoms with van der Waals surface area (Å²) in [6, 6.07) is 8.63. The number of ether oxygens (including phenoxy) is 1. The number of carbonyl (C=O) groups is 1. The molecule has 1 amide bonds. The number of hydrogen-bond acceptors (Lipinski definition) is 4. The Kier molecular flexibility index (Phi) is 3.19. The highest BCUT2D eigenvalue weighted by atomic mass is 16.5. The number of amides is 1. The number of rotatable bonds is 3. The van der Waals surface area contributed by atoms with Gasteiger partial charge in [-0.3, -0.25) is 4.79 Å². The van der Waals surface area contributed by atoms with Crippen molar-refractivity contribution in [3.63, 3.8) is 0 Å². The van der Waals surface area contributed by atoms with E-state index in [1.54, 1.807) is 0 Å². The molecule has 2 saturated carbocycles. The first-order valence-electron chi connectivity index (χ1n) is 11.0. The van der Waals surface area contributed by atoms with Crippen molar-refractivity contribution in [1.29, 1.82) is 0 Å². The summed E-state index contributed by atoms with van der Waals surface area (Å²) in [5.74, 6) is 3.31. The number of likely N-dealkylation sites (tertiary alicyclic amines) is 1. The van der Waals surface area contributed by atoms with Crippen LogP contribution in [0.5, 0.6) is 0 Å². The molecule has 6 nitrogen and oxygen atoms in total. The van der Waals surface area contributed by atoms with Crippen molar-refractivity contribution in [2.24, 2.45) is 23.7 Å². The van der Waals surface area contributed by atoms with E-state index < -0.39 is 0 Å². The second kappa shape index (κ2) is 5.63. The zero-order valence-electron chi connectivity index (χ0n) is 16.5. The van der Waals surface area contributed by atoms with E-state index in [0.717, 1.165) is 51.0 Å². The normalized spacial score (nSPS) is 34.3. The van der Waals surface area contributed by atoms with E-state index in [4.69, 9.17) is 9.72 Å². The van der Waals surface area contributed by atoms with E-state index in [0.29, 0.717) is 17.7 Å². The summed E-state index contributed by atoms with van der Waals surface area (Å²) in [6.45, 7) is 4.24. The number of nitrogens with zero attached hydrogens (tertiary/aromatic N) is 4. The van der Waals surface area contributed by atoms with Crippen LogP contribution in [0.25, 0.3) is 5.82 Å². The first-order chi connectivity index (χ1) is 14.3. The first kappa shape index (κ1) is 16.5. The van der Waals surface area contributed by atoms with Crippen molar-refractivity contribution in [1.82, 2.24) is 14.5 Å². The molecule has 0 radical (unpaired) electrons. The van der Waals surface area contributed by atoms with Gasteiger partial charge in [-0.25, -0.2) is 4.98 Å². The highest BCUT2D eigenvalue weighted by Crippen LogP contribution is 2.54. The van der Waals surface area contributed by atoms with Crippen molar-refractivity contribution < 1.29 is 9.53 Å². The van der Waals surface area contributed by atoms with Crippen LogP contribution in [-0.4, -0.2) is 53.2 Å². The zero-order chi connectivity index (χ0) is 19.2. The molecule has 0 aromatic carbocycles. The van der Waals surface area contributed by atoms with E-state index >= 15 is 0 Å². The highest BCUT2D eigenvalue weighted by molar-refractivity contribution is 5.83. The lowest BCUT2D eigenvalue weighted by Crippen LogP contribution is -2.53. The van der Waals surface area contributed by atoms with Gasteiger partial charge in [0.2, 0.25) is 5.91 Å². The topological polar surface area (TPSA) is 50.6 Å². The van der Waals surface area contributed by atoms with Crippen molar-refractivity contribution in [3.05, 3.63) is 42.4 Å². The second-order valence-corrected chi connectivity index (χ2v) is 9.60. The molecule has 3 aliphatic heterocycles. The lowest BCUT2D eigenvalue weighted by Gasteiger charge is -2.47. The van der Waals surface area contributed by atoms with Crippen LogP contribution in [0.2, 0.25) is 0 Å². The monoisotopic (exact) mass is 390 g/mol. The summed E-state index contributed by atoms with van der Waals surface area (Å²) in [6.07, 6.45) is 7.63. The Hall–Kier alpha value is -2.34. The van der Waals surface area contributed by atoms with Gasteiger partial charge in [-0.1, -0.05) is 0 Å². The molecule has 5 aliphatic rings. The molecule has 0 N–H and O–H groups in total. The zero-order valence-corrected chi connectivity index (χ0v) is 16.5. The van der Waals surface area contributed by atoms with Gasteiger partial charge >= 0.3 is 0 Å². The molecule has 2 aromatic rings. The fraction of sp³-hybridized carbons (Fsp3) is 0.565. The SMILES string of the molecule is O=C(C1[C@H]2COC[C@@H]12)N1CC[C@@]2(C1)c1cccn1-c1ncccc1N2CC1CC1. The number of hydrogen-bond donors (Lipinski definition) is 0. The summed E-state index contributed by atoms with van der Waals surface area (Å²) < 4.78 is 7.77. The molecule has 29 heavy (non-hydrogen) atoms. The van der Waals surface area contributed by atoms with E-state index in [-0.39, 0.29) is 11.5 Å². The molecule has 4 fully saturated rings. The minimum atomic E-state index is -0.141. The third kappa shape index (κ3) is 2.21. The van der Waals surface area contributed by atoms with Crippen molar-refractivity contribution in [2.75, 3.05) is 37.7 Å². The van der Waals surface area contributed by atoms with Crippen molar-refractivity contribution >= 4 is 11.6 Å². The molecule has 1 unspecified atom stereocenters. The maximum absolute atomic E-state index is 13.3. The average Bonchev–Trinajstić information content (AvgIpc) is 3.44. The van der Waals surface area contributed by atoms with E-state index in [1.807, 2.05) is 12.3 Å². The Morgan fingerprint density at radius 2 is 2.07 bits per heavy atom. The summed E-state index contributed by atoms with van der Waals surface area (Å²) in [5.41, 5.74) is 2.37. The smallest absolute Gasteiger partial charge is 0.226 e. The molecule has 2 saturated heterocycles. The molecule has 5 heterocycles. The average molecular weight is 390 g/mol. The van der Waals surface area contributed by atoms with E-state index in [2.05, 4.69) is 38.8 Å². The number of fused-ring (bicyclic) bond motifs is 5. The quantitative estimate of drug-likeness (QED) is 0.808. The Morgan fingerprint density at radius 3 is 2.90 bits per heavy atom. The van der Waals surface area contributed by atoms with Gasteiger partial charge < -0.3 is 19.1 Å². The van der Waals surface area contributed by atoms with Crippen LogP contribution >= 0.6 is 0 Å². The minimum absolute atomic E-state index is 0.141. The Labute approximate surface area is 170 Å². The maximum atomic E-state index is 13.3. The fourth-order valence-electron chi connectivity index (χ4n) is 6.16. The molecule has 150 valence electrons. The van der Waals surface area contributed by atoms with E-state index in [1.165, 1.54) is 24.2 Å². The third-order valence-electron chi connectivity index (χ3n) is 7.96. The van der Waals surface area contributed by atoms with Crippen LogP contribution in [-0.2, 0) is 15.1 Å². The predicted molar refractivity (Wildman–Crippen MR) is 108 cm³/mol. The van der Waals surface area contributed by atoms with Gasteiger partial charge in [0.1, 0.15) is 5.54 Å². The van der Waals surface area contributed by atoms with Gasteiger partial charge in [-0.05, 0) is 61.3 Å². The lowest BCUT2D eigenvalue weighted by atomic mass is 9.88. The summed E-state index contributed by atoms with van der Waals surface area (Å²) in [7, 11) is 0. The van der Waals surface area contributed by atoms with Crippen LogP contribution in [0.4, 0.5) is 5.69 Å². The van der Waals surface area contributed by atoms with Crippen LogP contribution < -0.4 is 4.90 Å². The molecule has 2 aliphatic carbocycles. The van der Waals surface area contributed by atoms with Crippen LogP contribution in [0, 0.1) is 23.7 Å². The van der Waals surface area contributed by atoms with Gasteiger partial charge in [-0.2, -0.15) is 0 Å². The van der Waals surface area contributed by atoms with Crippen molar-refractivity contribution in [3.8, 4) is 5.82 Å². The molecular weight excluding hydrogens is 364 g/mol. The predicted octanol–water partition coefficient (Wildman–Crippen LogP) is 2.42. The number of anilines is 1. The number of aromatic nitrogens is 2. The lowest BCUT2D eigenvalue weighted by molar-refractivity contribution is -0.133. The third-order valence-corrected chi connectivity index (χ3v) is 7.96. The Morgan fingerprint density at radius 1 is 1.21 bits per heavy atom. The summed E-state index contributed by atoms with van der Waals surface area (Å²) in [5, 5.41) is 0. The largest absolute Gasteiger partial charge is 0.381 e. The second-order valence-electron chi connectivity index (χ2n) is 9.60. The van der Waals surface area contributed by atoms with Gasteiger partial charge in [0.05, 0.1) is 24.6 Å². The summed E-state index contributed by atoms with van der Waals surface area (Å²) >= 11 is 0. The molecule has 1 spiro atoms. The maximum Gasteiger partial charge on any atom is 0.226 e. The van der Waals surface area contributed by atoms with Gasteiger partial charge in [0.15, 0.2) is 5.82 Å². The van der Waals surface area contributed by atoms with Gasteiger partial charge in [0.25, 0.3) is 0 Å². The minimum Gasteiger partial charge on any atom is -0.381 e. The van der Waals surface area contributed by atoms with Gasteiger partial charge in [-0.15, -0.1) is 0 Å². The highest BCUT2D eigenvalue weighted by Gasteiger charge is 2.61. The molecule has 2 aromatic heterocycles. The van der Waals surface area contributed by atoms with Crippen LogP contribution in [0.15, 0.2) is 36.7 Å². The first-order valence-corrected chi connectivity index (χ1v) is 11.0. The number of carbonyl (C=O) groups excluding carboxylic acids is 1. The van der Waals surface area contributed by atoms with Crippen LogP contribution in [0.1, 0.15) is 25.0 Å². The Bertz CT molecular complexity index is 988. The molecule has 4 atom stereocenters. The molecule has 0 bridgehead atoms. The van der Waals surface area contributed by atoms with Crippen LogP contribution in [0.3, 0.4) is 0 Å². The summed E-state index contributed by atoms with van der Waals surface area (Å²) in [4.78, 5) is 22.8. The molecule has 7 rings (SSSR count). The number of pyridine rings is 1. The van der Waals surface area contributed by atoms with E-state index in [9.17, 15) is 4.79 Å². The molecule has 6 heteroatoms. The van der Waals surface area contributed by atoms with Gasteiger partial charge in [0, 0.05) is 37.9 Å². The van der Waals surface area contributed by atoms with Crippen molar-refractivity contribution in [2.45, 2.75) is 24.8 Å². The fourth-order valence-corrected chi connectivity index (χ4v) is 6.16.